The van der Waals surface area contributed by atoms with E-state index in [1.54, 1.807) is 0 Å². The summed E-state index contributed by atoms with van der Waals surface area (Å²) in [6, 6.07) is 0. The van der Waals surface area contributed by atoms with Crippen LogP contribution >= 0.6 is 0 Å². The first-order chi connectivity index (χ1) is 7.97. The molecular formula is C7H9F3O7S. The summed E-state index contributed by atoms with van der Waals surface area (Å²) >= 11 is 0. The Kier molecular flexibility index (Phi) is 3.91. The molecule has 0 aromatic heterocycles. The summed E-state index contributed by atoms with van der Waals surface area (Å²) < 4.78 is 65.2. The number of aliphatic hydroxyl groups excluding tert-OH is 2. The zero-order valence-corrected chi connectivity index (χ0v) is 9.60. The molecule has 0 unspecified atom stereocenters. The van der Waals surface area contributed by atoms with Gasteiger partial charge in [-0.1, -0.05) is 0 Å². The number of rotatable bonds is 3. The summed E-state index contributed by atoms with van der Waals surface area (Å²) in [6.45, 7) is 1.10. The van der Waals surface area contributed by atoms with Crippen LogP contribution in [0.2, 0.25) is 0 Å². The van der Waals surface area contributed by atoms with Gasteiger partial charge in [-0.15, -0.1) is 0 Å². The molecule has 0 bridgehead atoms. The standard InChI is InChI=1S/C7H9F3O7S/c1-2(11)4-3(12)5(6(13)16-4)17-18(14,15)7(8,9)10/h2-5,11-12H,1H3/t2-,3+,4-,5+/m0/s1. The summed E-state index contributed by atoms with van der Waals surface area (Å²) in [7, 11) is -6.04. The number of esters is 1. The molecule has 0 aromatic rings. The normalized spacial score (nSPS) is 31.2. The Morgan fingerprint density at radius 3 is 2.28 bits per heavy atom. The lowest BCUT2D eigenvalue weighted by Crippen LogP contribution is -2.41. The van der Waals surface area contributed by atoms with Gasteiger partial charge in [-0.25, -0.2) is 8.98 Å². The maximum atomic E-state index is 12.0. The topological polar surface area (TPSA) is 110 Å². The molecule has 0 radical (unpaired) electrons. The number of alkyl halides is 3. The van der Waals surface area contributed by atoms with Gasteiger partial charge in [0.05, 0.1) is 6.10 Å². The van der Waals surface area contributed by atoms with E-state index < -0.39 is 46.0 Å². The van der Waals surface area contributed by atoms with Crippen LogP contribution in [0, 0.1) is 0 Å². The third-order valence-corrected chi connectivity index (χ3v) is 3.15. The fourth-order valence-electron chi connectivity index (χ4n) is 1.25. The number of cyclic esters (lactones) is 1. The summed E-state index contributed by atoms with van der Waals surface area (Å²) in [6.07, 6.45) is -7.32. The van der Waals surface area contributed by atoms with E-state index in [4.69, 9.17) is 5.11 Å². The van der Waals surface area contributed by atoms with Gasteiger partial charge in [0.15, 0.2) is 6.10 Å². The van der Waals surface area contributed by atoms with Crippen LogP contribution in [0.15, 0.2) is 0 Å². The van der Waals surface area contributed by atoms with Gasteiger partial charge in [0, 0.05) is 0 Å². The van der Waals surface area contributed by atoms with Crippen LogP contribution < -0.4 is 0 Å². The predicted molar refractivity (Wildman–Crippen MR) is 47.4 cm³/mol. The van der Waals surface area contributed by atoms with E-state index in [2.05, 4.69) is 8.92 Å². The van der Waals surface area contributed by atoms with Crippen LogP contribution in [0.5, 0.6) is 0 Å². The van der Waals surface area contributed by atoms with Crippen molar-refractivity contribution in [2.75, 3.05) is 0 Å². The van der Waals surface area contributed by atoms with Crippen LogP contribution in [0.4, 0.5) is 13.2 Å². The van der Waals surface area contributed by atoms with E-state index in [-0.39, 0.29) is 0 Å². The second-order valence-electron chi connectivity index (χ2n) is 3.55. The van der Waals surface area contributed by atoms with Gasteiger partial charge in [-0.3, -0.25) is 0 Å². The first kappa shape index (κ1) is 15.1. The van der Waals surface area contributed by atoms with Crippen molar-refractivity contribution in [1.29, 1.82) is 0 Å². The van der Waals surface area contributed by atoms with E-state index in [9.17, 15) is 31.5 Å². The molecule has 0 aliphatic carbocycles. The first-order valence-electron chi connectivity index (χ1n) is 4.53. The zero-order chi connectivity index (χ0) is 14.3. The minimum Gasteiger partial charge on any atom is -0.455 e. The van der Waals surface area contributed by atoms with E-state index in [0.717, 1.165) is 6.92 Å². The average molecular weight is 294 g/mol. The van der Waals surface area contributed by atoms with Crippen molar-refractivity contribution < 1.29 is 45.5 Å². The number of halogens is 3. The summed E-state index contributed by atoms with van der Waals surface area (Å²) in [4.78, 5) is 11.1. The molecular weight excluding hydrogens is 285 g/mol. The van der Waals surface area contributed by atoms with Crippen molar-refractivity contribution in [3.63, 3.8) is 0 Å². The minimum atomic E-state index is -6.04. The van der Waals surface area contributed by atoms with Gasteiger partial charge in [0.1, 0.15) is 6.10 Å². The predicted octanol–water partition coefficient (Wildman–Crippen LogP) is -1.11. The smallest absolute Gasteiger partial charge is 0.455 e. The molecule has 18 heavy (non-hydrogen) atoms. The maximum absolute atomic E-state index is 12.0. The molecule has 4 atom stereocenters. The van der Waals surface area contributed by atoms with E-state index >= 15 is 0 Å². The quantitative estimate of drug-likeness (QED) is 0.386. The van der Waals surface area contributed by atoms with Gasteiger partial charge in [0.2, 0.25) is 6.10 Å². The molecule has 1 fully saturated rings. The molecule has 0 aromatic carbocycles. The molecule has 1 aliphatic rings. The Balaban J connectivity index is 2.90. The number of hydrogen-bond donors (Lipinski definition) is 2. The summed E-state index contributed by atoms with van der Waals surface area (Å²) in [5, 5.41) is 18.4. The molecule has 1 aliphatic heterocycles. The van der Waals surface area contributed by atoms with Crippen LogP contribution in [0.3, 0.4) is 0 Å². The lowest BCUT2D eigenvalue weighted by molar-refractivity contribution is -0.149. The van der Waals surface area contributed by atoms with E-state index in [1.165, 1.54) is 0 Å². The average Bonchev–Trinajstić information content (AvgIpc) is 2.43. The number of carbonyl (C=O) groups is 1. The molecule has 106 valence electrons. The van der Waals surface area contributed by atoms with Gasteiger partial charge < -0.3 is 14.9 Å². The van der Waals surface area contributed by atoms with Crippen molar-refractivity contribution in [3.8, 4) is 0 Å². The summed E-state index contributed by atoms with van der Waals surface area (Å²) in [5.41, 5.74) is -5.73. The fourth-order valence-corrected chi connectivity index (χ4v) is 1.83. The lowest BCUT2D eigenvalue weighted by Gasteiger charge is -2.17. The molecule has 0 saturated carbocycles. The largest absolute Gasteiger partial charge is 0.523 e. The van der Waals surface area contributed by atoms with E-state index in [1.807, 2.05) is 0 Å². The number of carbonyl (C=O) groups excluding carboxylic acids is 1. The van der Waals surface area contributed by atoms with Crippen molar-refractivity contribution in [2.24, 2.45) is 0 Å². The molecule has 1 saturated heterocycles. The van der Waals surface area contributed by atoms with Crippen molar-refractivity contribution >= 4 is 16.1 Å². The highest BCUT2D eigenvalue weighted by atomic mass is 32.2. The van der Waals surface area contributed by atoms with Gasteiger partial charge in [-0.05, 0) is 6.92 Å². The molecule has 2 N–H and O–H groups in total. The fraction of sp³-hybridized carbons (Fsp3) is 0.857. The number of hydrogen-bond acceptors (Lipinski definition) is 7. The van der Waals surface area contributed by atoms with E-state index in [0.29, 0.717) is 0 Å². The monoisotopic (exact) mass is 294 g/mol. The Bertz CT molecular complexity index is 429. The van der Waals surface area contributed by atoms with Crippen molar-refractivity contribution in [1.82, 2.24) is 0 Å². The van der Waals surface area contributed by atoms with Crippen LogP contribution in [0.25, 0.3) is 0 Å². The number of ether oxygens (including phenoxy) is 1. The van der Waals surface area contributed by atoms with Crippen LogP contribution in [-0.4, -0.2) is 54.5 Å². The van der Waals surface area contributed by atoms with Crippen LogP contribution in [0.1, 0.15) is 6.92 Å². The van der Waals surface area contributed by atoms with Crippen LogP contribution in [-0.2, 0) is 23.8 Å². The Hall–Kier alpha value is -0.910. The van der Waals surface area contributed by atoms with Gasteiger partial charge in [0.25, 0.3) is 0 Å². The molecule has 1 heterocycles. The van der Waals surface area contributed by atoms with Gasteiger partial charge in [-0.2, -0.15) is 21.6 Å². The highest BCUT2D eigenvalue weighted by Crippen LogP contribution is 2.30. The highest BCUT2D eigenvalue weighted by Gasteiger charge is 2.55. The molecule has 7 nitrogen and oxygen atoms in total. The number of aliphatic hydroxyl groups is 2. The third-order valence-electron chi connectivity index (χ3n) is 2.12. The van der Waals surface area contributed by atoms with Crippen molar-refractivity contribution in [2.45, 2.75) is 36.8 Å². The molecule has 1 rings (SSSR count). The second kappa shape index (κ2) is 4.64. The minimum absolute atomic E-state index is 1.10. The zero-order valence-electron chi connectivity index (χ0n) is 8.79. The summed E-state index contributed by atoms with van der Waals surface area (Å²) in [5.74, 6) is -1.50. The lowest BCUT2D eigenvalue weighted by atomic mass is 10.1. The molecule has 0 amide bonds. The Morgan fingerprint density at radius 2 is 1.94 bits per heavy atom. The SMILES string of the molecule is C[C@H](O)[C@@H]1OC(=O)[C@H](OS(=O)(=O)C(F)(F)F)[C@@H]1O. The van der Waals surface area contributed by atoms with Crippen molar-refractivity contribution in [3.05, 3.63) is 0 Å². The second-order valence-corrected chi connectivity index (χ2v) is 5.11. The Labute approximate surface area is 99.2 Å². The maximum Gasteiger partial charge on any atom is 0.523 e. The first-order valence-corrected chi connectivity index (χ1v) is 5.94. The van der Waals surface area contributed by atoms with Gasteiger partial charge >= 0.3 is 21.6 Å². The third kappa shape index (κ3) is 2.74. The Morgan fingerprint density at radius 1 is 1.44 bits per heavy atom. The highest BCUT2D eigenvalue weighted by molar-refractivity contribution is 7.87. The molecule has 0 spiro atoms. The molecule has 11 heteroatoms.